The molecule has 294 valence electrons. The van der Waals surface area contributed by atoms with E-state index >= 15 is 0 Å². The Hall–Kier alpha value is -5.01. The van der Waals surface area contributed by atoms with Crippen molar-refractivity contribution in [2.45, 2.75) is 102 Å². The van der Waals surface area contributed by atoms with Gasteiger partial charge in [-0.1, -0.05) is 61.8 Å². The number of quaternary nitrogens is 1. The minimum absolute atomic E-state index is 0.0532. The highest BCUT2D eigenvalue weighted by Gasteiger charge is 2.51. The van der Waals surface area contributed by atoms with Crippen LogP contribution in [0.2, 0.25) is 0 Å². The molecule has 5 aliphatic heterocycles. The van der Waals surface area contributed by atoms with E-state index in [1.165, 1.54) is 6.07 Å². The topological polar surface area (TPSA) is 172 Å². The Bertz CT molecular complexity index is 2280. The van der Waals surface area contributed by atoms with Gasteiger partial charge < -0.3 is 35.6 Å². The van der Waals surface area contributed by atoms with Gasteiger partial charge in [-0.2, -0.15) is 0 Å². The van der Waals surface area contributed by atoms with Crippen LogP contribution >= 0.6 is 0 Å². The fourth-order valence-electron chi connectivity index (χ4n) is 9.91. The van der Waals surface area contributed by atoms with Gasteiger partial charge in [0.15, 0.2) is 11.5 Å². The number of phenols is 1. The van der Waals surface area contributed by atoms with Crippen molar-refractivity contribution in [3.63, 3.8) is 0 Å². The summed E-state index contributed by atoms with van der Waals surface area (Å²) in [5, 5.41) is 44.5. The van der Waals surface area contributed by atoms with E-state index in [4.69, 9.17) is 20.2 Å². The highest BCUT2D eigenvalue weighted by atomic mass is 16.5. The van der Waals surface area contributed by atoms with Crippen molar-refractivity contribution in [2.75, 3.05) is 6.54 Å². The van der Waals surface area contributed by atoms with Gasteiger partial charge in [0.25, 0.3) is 6.23 Å². The number of phenolic OH excluding ortho intramolecular Hbond substituents is 1. The Morgan fingerprint density at radius 2 is 1.93 bits per heavy atom. The van der Waals surface area contributed by atoms with Crippen LogP contribution in [-0.4, -0.2) is 63.6 Å². The molecule has 7 N–H and O–H groups in total. The van der Waals surface area contributed by atoms with Crippen LogP contribution in [0.15, 0.2) is 69.4 Å². The molecule has 2 aromatic rings. The van der Waals surface area contributed by atoms with Gasteiger partial charge in [-0.25, -0.2) is 0 Å². The van der Waals surface area contributed by atoms with E-state index in [0.717, 1.165) is 69.7 Å². The van der Waals surface area contributed by atoms with Crippen molar-refractivity contribution in [1.82, 2.24) is 0 Å². The Morgan fingerprint density at radius 3 is 2.75 bits per heavy atom. The van der Waals surface area contributed by atoms with Crippen molar-refractivity contribution in [2.24, 2.45) is 38.9 Å². The molecule has 0 aromatic heterocycles. The van der Waals surface area contributed by atoms with Crippen molar-refractivity contribution in [3.8, 4) is 41.1 Å². The number of carbonyl (C=O) groups is 1. The maximum Gasteiger partial charge on any atom is 0.252 e. The van der Waals surface area contributed by atoms with Gasteiger partial charge in [0.1, 0.15) is 54.3 Å². The number of hydrogen-bond donors (Lipinski definition) is 6. The zero-order chi connectivity index (χ0) is 39.4. The number of aliphatic hydroxyl groups is 3. The summed E-state index contributed by atoms with van der Waals surface area (Å²) in [5.41, 5.74) is 13.2. The maximum absolute atomic E-state index is 13.1. The first-order valence-corrected chi connectivity index (χ1v) is 20.3. The number of fused-ring (bicyclic) bond motifs is 8. The Kier molecular flexibility index (Phi) is 9.92. The number of ketones is 1. The average molecular weight is 770 g/mol. The first-order valence-electron chi connectivity index (χ1n) is 20.3. The SMILES string of the molecule is CC1C=CC(C(O)CC(=O)CCc2cc3c(cc2O)OC#CC2(CCCC2)C2C#CC(O)c4ccc5c(c4CC4=C6C[NH+](C=C6N=C4)C2O3)CC=NC5N)C(O)C1. The summed E-state index contributed by atoms with van der Waals surface area (Å²) in [5.74, 6) is 9.95. The number of nitrogens with two attached hydrogens (primary N) is 1. The summed E-state index contributed by atoms with van der Waals surface area (Å²) in [6.45, 7) is 2.61. The lowest BCUT2D eigenvalue weighted by Crippen LogP contribution is -3.12. The number of aliphatic hydroxyl groups excluding tert-OH is 3. The van der Waals surface area contributed by atoms with E-state index in [0.29, 0.717) is 37.1 Å². The number of benzene rings is 2. The first-order chi connectivity index (χ1) is 27.6. The van der Waals surface area contributed by atoms with Crippen LogP contribution < -0.4 is 20.1 Å². The summed E-state index contributed by atoms with van der Waals surface area (Å²) >= 11 is 0. The Labute approximate surface area is 332 Å². The van der Waals surface area contributed by atoms with Gasteiger partial charge in [0.05, 0.1) is 17.6 Å². The summed E-state index contributed by atoms with van der Waals surface area (Å²) < 4.78 is 13.1. The molecule has 9 atom stereocenters. The zero-order valence-corrected chi connectivity index (χ0v) is 32.1. The van der Waals surface area contributed by atoms with Gasteiger partial charge in [-0.05, 0) is 71.1 Å². The molecule has 2 bridgehead atoms. The number of aryl methyl sites for hydroxylation is 1. The van der Waals surface area contributed by atoms with Gasteiger partial charge in [0, 0.05) is 55.7 Å². The molecule has 9 unspecified atom stereocenters. The second-order valence-corrected chi connectivity index (χ2v) is 16.8. The van der Waals surface area contributed by atoms with E-state index in [9.17, 15) is 25.2 Å². The van der Waals surface area contributed by atoms with Gasteiger partial charge in [-0.3, -0.25) is 19.7 Å². The largest absolute Gasteiger partial charge is 0.508 e. The number of allylic oxidation sites excluding steroid dienone is 2. The molecule has 57 heavy (non-hydrogen) atoms. The van der Waals surface area contributed by atoms with Crippen LogP contribution in [0.4, 0.5) is 0 Å². The predicted octanol–water partition coefficient (Wildman–Crippen LogP) is 3.45. The summed E-state index contributed by atoms with van der Waals surface area (Å²) in [7, 11) is 0. The lowest BCUT2D eigenvalue weighted by Gasteiger charge is -2.36. The smallest absolute Gasteiger partial charge is 0.252 e. The van der Waals surface area contributed by atoms with E-state index in [2.05, 4.69) is 35.1 Å². The van der Waals surface area contributed by atoms with Crippen LogP contribution in [0.5, 0.6) is 17.2 Å². The molecule has 0 radical (unpaired) electrons. The molecule has 2 aliphatic carbocycles. The fraction of sp³-hybridized carbons (Fsp3) is 0.457. The lowest BCUT2D eigenvalue weighted by atomic mass is 9.73. The van der Waals surface area contributed by atoms with E-state index in [1.54, 1.807) is 6.07 Å². The number of ether oxygens (including phenoxy) is 2. The van der Waals surface area contributed by atoms with Crippen LogP contribution in [0.3, 0.4) is 0 Å². The van der Waals surface area contributed by atoms with Gasteiger partial charge >= 0.3 is 0 Å². The Morgan fingerprint density at radius 1 is 1.11 bits per heavy atom. The average Bonchev–Trinajstić information content (AvgIpc) is 3.93. The number of rotatable bonds is 6. The first kappa shape index (κ1) is 37.6. The van der Waals surface area contributed by atoms with Crippen LogP contribution in [0, 0.1) is 47.0 Å². The highest BCUT2D eigenvalue weighted by Crippen LogP contribution is 2.47. The third-order valence-corrected chi connectivity index (χ3v) is 13.1. The lowest BCUT2D eigenvalue weighted by molar-refractivity contribution is -0.891. The maximum atomic E-state index is 13.1. The quantitative estimate of drug-likeness (QED) is 0.192. The molecule has 1 fully saturated rings. The second-order valence-electron chi connectivity index (χ2n) is 16.8. The molecule has 2 aromatic carbocycles. The number of aliphatic imine (C=N–C) groups is 2. The molecule has 7 aliphatic rings. The minimum Gasteiger partial charge on any atom is -0.508 e. The van der Waals surface area contributed by atoms with Gasteiger partial charge in [-0.15, -0.1) is 0 Å². The Balaban J connectivity index is 1.06. The summed E-state index contributed by atoms with van der Waals surface area (Å²) in [6, 6.07) is 7.10. The van der Waals surface area contributed by atoms with Crippen LogP contribution in [0.25, 0.3) is 0 Å². The highest BCUT2D eigenvalue weighted by molar-refractivity contribution is 5.87. The summed E-state index contributed by atoms with van der Waals surface area (Å²) in [6.07, 6.45) is 14.2. The van der Waals surface area contributed by atoms with E-state index in [1.807, 2.05) is 43.6 Å². The standard InChI is InChI=1S/C46H48N4O7/c1-26-4-7-33(40(54)18-26)41(55)21-29(51)6-5-27-20-43-42(22-39(27)53)56-17-15-46(13-2-3-14-46)36-10-11-38(52)31-8-9-32-30(12-16-48-44(32)47)34(31)19-28-23-49-37-25-50(24-35(28)37)45(36)57-43/h4,7-9,16,20,22-23,25-26,33,36,38,40-41,44-45,52-55H,2-3,5-6,12-14,18-19,21,24,47H2,1H3/p+1. The molecule has 11 nitrogen and oxygen atoms in total. The molecule has 0 amide bonds. The number of aromatic hydroxyl groups is 1. The third-order valence-electron chi connectivity index (χ3n) is 13.1. The molecule has 0 saturated heterocycles. The minimum atomic E-state index is -1.08. The van der Waals surface area contributed by atoms with Gasteiger partial charge in [0.2, 0.25) is 0 Å². The normalized spacial score (nSPS) is 30.5. The van der Waals surface area contributed by atoms with Crippen molar-refractivity contribution in [1.29, 1.82) is 0 Å². The van der Waals surface area contributed by atoms with Crippen LogP contribution in [-0.2, 0) is 24.1 Å². The van der Waals surface area contributed by atoms with Crippen molar-refractivity contribution >= 4 is 18.2 Å². The molecule has 9 rings (SSSR count). The van der Waals surface area contributed by atoms with Crippen molar-refractivity contribution < 1.29 is 39.6 Å². The van der Waals surface area contributed by atoms with E-state index < -0.39 is 48.0 Å². The second kappa shape index (κ2) is 15.1. The third kappa shape index (κ3) is 7.02. The molecule has 5 heterocycles. The fourth-order valence-corrected chi connectivity index (χ4v) is 9.91. The van der Waals surface area contributed by atoms with E-state index in [-0.39, 0.29) is 42.5 Å². The number of hydrogen-bond acceptors (Lipinski definition) is 10. The monoisotopic (exact) mass is 769 g/mol. The predicted molar refractivity (Wildman–Crippen MR) is 213 cm³/mol. The molecule has 1 saturated carbocycles. The molecular weight excluding hydrogens is 721 g/mol. The number of nitrogens with one attached hydrogen (secondary N) is 1. The molecule has 11 heteroatoms. The number of Topliss-reactive ketones (excluding diaryl/α,β-unsaturated/α-hetero) is 1. The molecular formula is C46H49N4O7+. The van der Waals surface area contributed by atoms with Crippen LogP contribution in [0.1, 0.15) is 92.0 Å². The number of nitrogens with zero attached hydrogens (tertiary/aromatic N) is 2. The molecule has 1 spiro atoms. The number of carbonyl (C=O) groups excluding carboxylic acids is 1. The zero-order valence-electron chi connectivity index (χ0n) is 32.1. The van der Waals surface area contributed by atoms with Crippen molar-refractivity contribution in [3.05, 3.63) is 87.3 Å². The summed E-state index contributed by atoms with van der Waals surface area (Å²) in [4.78, 5) is 23.5.